The molecule has 104 valence electrons. The number of carbonyl (C=O) groups excluding carboxylic acids is 1. The highest BCUT2D eigenvalue weighted by Gasteiger charge is 2.54. The Hall–Kier alpha value is 0.160. The number of rotatable bonds is 7. The molecule has 0 aromatic rings. The lowest BCUT2D eigenvalue weighted by molar-refractivity contribution is -0.156. The monoisotopic (exact) mass is 366 g/mol. The highest BCUT2D eigenvalue weighted by molar-refractivity contribution is 14.1. The third kappa shape index (κ3) is 3.38. The van der Waals surface area contributed by atoms with E-state index in [1.54, 1.807) is 0 Å². The van der Waals surface area contributed by atoms with Gasteiger partial charge in [0.15, 0.2) is 0 Å². The summed E-state index contributed by atoms with van der Waals surface area (Å²) in [5.74, 6) is 0.0161. The van der Waals surface area contributed by atoms with Gasteiger partial charge < -0.3 is 9.47 Å². The fraction of sp³-hybridized carbons (Fsp3) is 0.929. The summed E-state index contributed by atoms with van der Waals surface area (Å²) in [7, 11) is 0. The lowest BCUT2D eigenvalue weighted by Crippen LogP contribution is -2.39. The van der Waals surface area contributed by atoms with Crippen molar-refractivity contribution in [2.45, 2.75) is 64.1 Å². The Kier molecular flexibility index (Phi) is 5.30. The van der Waals surface area contributed by atoms with Crippen LogP contribution < -0.4 is 0 Å². The average molecular weight is 366 g/mol. The molecule has 1 aliphatic heterocycles. The lowest BCUT2D eigenvalue weighted by Gasteiger charge is -2.31. The second-order valence-corrected chi connectivity index (χ2v) is 6.33. The van der Waals surface area contributed by atoms with E-state index in [9.17, 15) is 4.79 Å². The third-order valence-corrected chi connectivity index (χ3v) is 5.57. The van der Waals surface area contributed by atoms with E-state index in [1.165, 1.54) is 12.8 Å². The maximum absolute atomic E-state index is 12.3. The number of fused-ring (bicyclic) bond motifs is 1. The number of ether oxygens (including phenoxy) is 2. The first-order valence-electron chi connectivity index (χ1n) is 7.10. The van der Waals surface area contributed by atoms with Crippen LogP contribution in [0.15, 0.2) is 0 Å². The van der Waals surface area contributed by atoms with Gasteiger partial charge in [0.2, 0.25) is 0 Å². The highest BCUT2D eigenvalue weighted by Crippen LogP contribution is 2.48. The summed E-state index contributed by atoms with van der Waals surface area (Å²) in [6.07, 6.45) is 8.21. The summed E-state index contributed by atoms with van der Waals surface area (Å²) >= 11 is 2.32. The minimum absolute atomic E-state index is 0.0161. The van der Waals surface area contributed by atoms with Crippen LogP contribution in [0.4, 0.5) is 0 Å². The predicted octanol–water partition coefficient (Wildman–Crippen LogP) is 3.48. The summed E-state index contributed by atoms with van der Waals surface area (Å²) in [4.78, 5) is 12.3. The van der Waals surface area contributed by atoms with Crippen LogP contribution >= 0.6 is 22.6 Å². The van der Waals surface area contributed by atoms with E-state index in [1.807, 2.05) is 0 Å². The zero-order chi connectivity index (χ0) is 13.0. The summed E-state index contributed by atoms with van der Waals surface area (Å²) in [5, 5.41) is 0. The standard InChI is InChI=1S/C14H23IO3/c1-2-3-4-5-8-17-13(16)14(10-15)7-6-11-12(9-14)18-11/h11-12H,2-10H2,1H3. The van der Waals surface area contributed by atoms with Crippen LogP contribution in [0.25, 0.3) is 0 Å². The fourth-order valence-electron chi connectivity index (χ4n) is 2.73. The Labute approximate surface area is 123 Å². The molecule has 1 saturated heterocycles. The minimum Gasteiger partial charge on any atom is -0.465 e. The van der Waals surface area contributed by atoms with Crippen molar-refractivity contribution in [2.24, 2.45) is 5.41 Å². The van der Waals surface area contributed by atoms with Crippen molar-refractivity contribution in [1.82, 2.24) is 0 Å². The molecule has 1 aliphatic carbocycles. The molecule has 0 radical (unpaired) electrons. The number of carbonyl (C=O) groups is 1. The maximum Gasteiger partial charge on any atom is 0.312 e. The minimum atomic E-state index is -0.261. The molecule has 3 atom stereocenters. The largest absolute Gasteiger partial charge is 0.465 e. The lowest BCUT2D eigenvalue weighted by atomic mass is 9.76. The molecule has 1 saturated carbocycles. The van der Waals surface area contributed by atoms with E-state index < -0.39 is 0 Å². The van der Waals surface area contributed by atoms with Crippen molar-refractivity contribution in [3.63, 3.8) is 0 Å². The van der Waals surface area contributed by atoms with Crippen LogP contribution in [0.2, 0.25) is 0 Å². The van der Waals surface area contributed by atoms with Gasteiger partial charge in [-0.15, -0.1) is 0 Å². The maximum atomic E-state index is 12.3. The Bertz CT molecular complexity index is 295. The van der Waals surface area contributed by atoms with E-state index in [2.05, 4.69) is 29.5 Å². The van der Waals surface area contributed by atoms with Crippen molar-refractivity contribution in [3.8, 4) is 0 Å². The van der Waals surface area contributed by atoms with Crippen LogP contribution in [0.3, 0.4) is 0 Å². The summed E-state index contributed by atoms with van der Waals surface area (Å²) in [6.45, 7) is 2.78. The number of epoxide rings is 1. The Balaban J connectivity index is 1.75. The molecule has 18 heavy (non-hydrogen) atoms. The van der Waals surface area contributed by atoms with Crippen molar-refractivity contribution in [2.75, 3.05) is 11.0 Å². The first-order valence-corrected chi connectivity index (χ1v) is 8.63. The molecule has 2 fully saturated rings. The number of alkyl halides is 1. The van der Waals surface area contributed by atoms with Crippen LogP contribution in [0.1, 0.15) is 51.9 Å². The molecule has 0 spiro atoms. The quantitative estimate of drug-likeness (QED) is 0.228. The van der Waals surface area contributed by atoms with E-state index in [0.717, 1.165) is 36.5 Å². The molecule has 1 heterocycles. The summed E-state index contributed by atoms with van der Waals surface area (Å²) in [5.41, 5.74) is -0.261. The van der Waals surface area contributed by atoms with Gasteiger partial charge in [0.05, 0.1) is 24.2 Å². The van der Waals surface area contributed by atoms with Crippen LogP contribution in [0.5, 0.6) is 0 Å². The van der Waals surface area contributed by atoms with E-state index in [4.69, 9.17) is 9.47 Å². The molecule has 0 bridgehead atoms. The molecule has 0 amide bonds. The van der Waals surface area contributed by atoms with Gasteiger partial charge in [-0.05, 0) is 25.7 Å². The molecule has 4 heteroatoms. The van der Waals surface area contributed by atoms with Crippen molar-refractivity contribution in [3.05, 3.63) is 0 Å². The van der Waals surface area contributed by atoms with E-state index in [-0.39, 0.29) is 11.4 Å². The van der Waals surface area contributed by atoms with Gasteiger partial charge in [0.25, 0.3) is 0 Å². The Morgan fingerprint density at radius 3 is 2.89 bits per heavy atom. The van der Waals surface area contributed by atoms with Gasteiger partial charge in [-0.25, -0.2) is 0 Å². The zero-order valence-electron chi connectivity index (χ0n) is 11.1. The van der Waals surface area contributed by atoms with Gasteiger partial charge in [0, 0.05) is 4.43 Å². The third-order valence-electron chi connectivity index (χ3n) is 4.11. The first kappa shape index (κ1) is 14.6. The SMILES string of the molecule is CCCCCCOC(=O)C1(CI)CCC2OC2C1. The Morgan fingerprint density at radius 1 is 1.39 bits per heavy atom. The number of halogens is 1. The van der Waals surface area contributed by atoms with Crippen molar-refractivity contribution < 1.29 is 14.3 Å². The molecule has 0 aromatic carbocycles. The molecule has 3 unspecified atom stereocenters. The molecular formula is C14H23IO3. The first-order chi connectivity index (χ1) is 8.72. The van der Waals surface area contributed by atoms with Gasteiger partial charge in [-0.1, -0.05) is 48.8 Å². The molecule has 0 aromatic heterocycles. The van der Waals surface area contributed by atoms with Crippen LogP contribution in [-0.2, 0) is 14.3 Å². The fourth-order valence-corrected chi connectivity index (χ4v) is 3.73. The average Bonchev–Trinajstić information content (AvgIpc) is 3.16. The van der Waals surface area contributed by atoms with Crippen LogP contribution in [-0.4, -0.2) is 29.2 Å². The predicted molar refractivity (Wildman–Crippen MR) is 78.9 cm³/mol. The zero-order valence-corrected chi connectivity index (χ0v) is 13.3. The summed E-state index contributed by atoms with van der Waals surface area (Å²) < 4.78 is 11.9. The van der Waals surface area contributed by atoms with Crippen molar-refractivity contribution in [1.29, 1.82) is 0 Å². The van der Waals surface area contributed by atoms with Gasteiger partial charge in [0.1, 0.15) is 0 Å². The van der Waals surface area contributed by atoms with Crippen LogP contribution in [0, 0.1) is 5.41 Å². The number of hydrogen-bond donors (Lipinski definition) is 0. The highest BCUT2D eigenvalue weighted by atomic mass is 127. The molecule has 2 aliphatic rings. The van der Waals surface area contributed by atoms with E-state index >= 15 is 0 Å². The second-order valence-electron chi connectivity index (χ2n) is 5.57. The normalized spacial score (nSPS) is 33.9. The van der Waals surface area contributed by atoms with E-state index in [0.29, 0.717) is 18.8 Å². The molecule has 2 rings (SSSR count). The smallest absolute Gasteiger partial charge is 0.312 e. The van der Waals surface area contributed by atoms with Gasteiger partial charge in [-0.3, -0.25) is 4.79 Å². The van der Waals surface area contributed by atoms with Gasteiger partial charge in [-0.2, -0.15) is 0 Å². The molecular weight excluding hydrogens is 343 g/mol. The molecule has 0 N–H and O–H groups in total. The summed E-state index contributed by atoms with van der Waals surface area (Å²) in [6, 6.07) is 0. The number of esters is 1. The number of hydrogen-bond acceptors (Lipinski definition) is 3. The number of unbranched alkanes of at least 4 members (excludes halogenated alkanes) is 3. The topological polar surface area (TPSA) is 38.8 Å². The second kappa shape index (κ2) is 6.55. The molecule has 3 nitrogen and oxygen atoms in total. The van der Waals surface area contributed by atoms with Gasteiger partial charge >= 0.3 is 5.97 Å². The Morgan fingerprint density at radius 2 is 2.22 bits per heavy atom. The van der Waals surface area contributed by atoms with Crippen molar-refractivity contribution >= 4 is 28.6 Å².